The van der Waals surface area contributed by atoms with Crippen molar-refractivity contribution in [2.24, 2.45) is 0 Å². The number of aliphatic carboxylic acids is 1. The first-order valence-electron chi connectivity index (χ1n) is 4.57. The van der Waals surface area contributed by atoms with Crippen LogP contribution in [0.1, 0.15) is 26.2 Å². The molecule has 1 rings (SSSR count). The molecule has 1 atom stereocenters. The van der Waals surface area contributed by atoms with Crippen LogP contribution in [0.5, 0.6) is 0 Å². The molecule has 0 bridgehead atoms. The van der Waals surface area contributed by atoms with Crippen LogP contribution < -0.4 is 5.32 Å². The van der Waals surface area contributed by atoms with Crippen LogP contribution in [0, 0.1) is 0 Å². The molecule has 0 radical (unpaired) electrons. The van der Waals surface area contributed by atoms with E-state index in [1.54, 1.807) is 0 Å². The highest BCUT2D eigenvalue weighted by molar-refractivity contribution is 5.73. The maximum Gasteiger partial charge on any atom is 0.323 e. The van der Waals surface area contributed by atoms with Crippen molar-refractivity contribution >= 4 is 5.97 Å². The summed E-state index contributed by atoms with van der Waals surface area (Å²) in [4.78, 5) is 10.8. The SMILES string of the molecule is COCC(NC1(C)CCC1)C(=O)O. The fraction of sp³-hybridized carbons (Fsp3) is 0.889. The molecular weight excluding hydrogens is 170 g/mol. The normalized spacial score (nSPS) is 22.0. The van der Waals surface area contributed by atoms with Crippen LogP contribution in [0.4, 0.5) is 0 Å². The van der Waals surface area contributed by atoms with Crippen molar-refractivity contribution in [3.8, 4) is 0 Å². The van der Waals surface area contributed by atoms with Crippen LogP contribution >= 0.6 is 0 Å². The highest BCUT2D eigenvalue weighted by Crippen LogP contribution is 2.31. The number of methoxy groups -OCH3 is 1. The average molecular weight is 187 g/mol. The van der Waals surface area contributed by atoms with E-state index in [4.69, 9.17) is 9.84 Å². The molecule has 1 saturated carbocycles. The summed E-state index contributed by atoms with van der Waals surface area (Å²) in [6.45, 7) is 2.28. The van der Waals surface area contributed by atoms with E-state index in [2.05, 4.69) is 12.2 Å². The lowest BCUT2D eigenvalue weighted by Crippen LogP contribution is -2.56. The van der Waals surface area contributed by atoms with E-state index < -0.39 is 12.0 Å². The Morgan fingerprint density at radius 3 is 2.62 bits per heavy atom. The van der Waals surface area contributed by atoms with Crippen LogP contribution in [0.15, 0.2) is 0 Å². The fourth-order valence-corrected chi connectivity index (χ4v) is 1.61. The Morgan fingerprint density at radius 1 is 1.69 bits per heavy atom. The summed E-state index contributed by atoms with van der Waals surface area (Å²) in [6, 6.07) is -0.574. The van der Waals surface area contributed by atoms with E-state index in [9.17, 15) is 4.79 Å². The molecule has 0 aliphatic heterocycles. The predicted octanol–water partition coefficient (Wildman–Crippen LogP) is 0.618. The van der Waals surface area contributed by atoms with E-state index in [0.29, 0.717) is 0 Å². The van der Waals surface area contributed by atoms with Crippen LogP contribution in [-0.4, -0.2) is 36.4 Å². The summed E-state index contributed by atoms with van der Waals surface area (Å²) in [7, 11) is 1.51. The third kappa shape index (κ3) is 2.67. The topological polar surface area (TPSA) is 58.6 Å². The van der Waals surface area contributed by atoms with Gasteiger partial charge < -0.3 is 9.84 Å². The first-order valence-corrected chi connectivity index (χ1v) is 4.57. The van der Waals surface area contributed by atoms with Gasteiger partial charge in [-0.2, -0.15) is 0 Å². The average Bonchev–Trinajstić information content (AvgIpc) is 2.00. The smallest absolute Gasteiger partial charge is 0.323 e. The van der Waals surface area contributed by atoms with E-state index >= 15 is 0 Å². The number of carboxylic acid groups (broad SMARTS) is 1. The van der Waals surface area contributed by atoms with Crippen molar-refractivity contribution < 1.29 is 14.6 Å². The number of hydrogen-bond acceptors (Lipinski definition) is 3. The molecule has 0 aromatic rings. The Labute approximate surface area is 78.3 Å². The lowest BCUT2D eigenvalue weighted by Gasteiger charge is -2.41. The number of carboxylic acids is 1. The Kier molecular flexibility index (Phi) is 3.27. The summed E-state index contributed by atoms with van der Waals surface area (Å²) in [6.07, 6.45) is 3.30. The number of carbonyl (C=O) groups is 1. The van der Waals surface area contributed by atoms with Crippen LogP contribution in [0.25, 0.3) is 0 Å². The molecule has 0 amide bonds. The molecule has 0 heterocycles. The van der Waals surface area contributed by atoms with Gasteiger partial charge in [-0.15, -0.1) is 0 Å². The Balaban J connectivity index is 2.41. The molecular formula is C9H17NO3. The van der Waals surface area contributed by atoms with Gasteiger partial charge in [0, 0.05) is 12.6 Å². The molecule has 1 aliphatic carbocycles. The Hall–Kier alpha value is -0.610. The zero-order valence-corrected chi connectivity index (χ0v) is 8.17. The van der Waals surface area contributed by atoms with Gasteiger partial charge in [-0.3, -0.25) is 10.1 Å². The van der Waals surface area contributed by atoms with Crippen LogP contribution in [-0.2, 0) is 9.53 Å². The zero-order valence-electron chi connectivity index (χ0n) is 8.17. The minimum Gasteiger partial charge on any atom is -0.480 e. The van der Waals surface area contributed by atoms with Gasteiger partial charge in [-0.05, 0) is 26.2 Å². The van der Waals surface area contributed by atoms with Gasteiger partial charge in [0.1, 0.15) is 6.04 Å². The molecule has 1 aliphatic rings. The molecule has 1 unspecified atom stereocenters. The van der Waals surface area contributed by atoms with E-state index in [1.165, 1.54) is 13.5 Å². The van der Waals surface area contributed by atoms with Crippen molar-refractivity contribution in [2.75, 3.05) is 13.7 Å². The van der Waals surface area contributed by atoms with Crippen LogP contribution in [0.3, 0.4) is 0 Å². The van der Waals surface area contributed by atoms with Crippen LogP contribution in [0.2, 0.25) is 0 Å². The Bertz CT molecular complexity index is 189. The number of nitrogens with one attached hydrogen (secondary N) is 1. The molecule has 0 aromatic carbocycles. The van der Waals surface area contributed by atoms with Gasteiger partial charge in [-0.1, -0.05) is 0 Å². The summed E-state index contributed by atoms with van der Waals surface area (Å²) in [5.41, 5.74) is 0.0155. The second-order valence-electron chi connectivity index (χ2n) is 3.90. The Morgan fingerprint density at radius 2 is 2.31 bits per heavy atom. The maximum absolute atomic E-state index is 10.8. The van der Waals surface area contributed by atoms with E-state index in [0.717, 1.165) is 12.8 Å². The van der Waals surface area contributed by atoms with Gasteiger partial charge in [0.15, 0.2) is 0 Å². The zero-order chi connectivity index (χ0) is 9.90. The lowest BCUT2D eigenvalue weighted by atomic mass is 9.78. The minimum atomic E-state index is -0.838. The third-order valence-corrected chi connectivity index (χ3v) is 2.61. The summed E-state index contributed by atoms with van der Waals surface area (Å²) in [5, 5.41) is 12.0. The maximum atomic E-state index is 10.8. The van der Waals surface area contributed by atoms with Gasteiger partial charge in [0.2, 0.25) is 0 Å². The quantitative estimate of drug-likeness (QED) is 0.662. The molecule has 4 nitrogen and oxygen atoms in total. The van der Waals surface area contributed by atoms with Crippen molar-refractivity contribution in [1.29, 1.82) is 0 Å². The minimum absolute atomic E-state index is 0.0155. The van der Waals surface area contributed by atoms with E-state index in [-0.39, 0.29) is 12.1 Å². The first kappa shape index (κ1) is 10.5. The van der Waals surface area contributed by atoms with Gasteiger partial charge in [0.25, 0.3) is 0 Å². The number of hydrogen-bond donors (Lipinski definition) is 2. The van der Waals surface area contributed by atoms with Gasteiger partial charge in [-0.25, -0.2) is 0 Å². The van der Waals surface area contributed by atoms with E-state index in [1.807, 2.05) is 0 Å². The molecule has 4 heteroatoms. The molecule has 13 heavy (non-hydrogen) atoms. The van der Waals surface area contributed by atoms with Gasteiger partial charge in [0.05, 0.1) is 6.61 Å². The number of ether oxygens (including phenoxy) is 1. The summed E-state index contributed by atoms with van der Waals surface area (Å²) >= 11 is 0. The second-order valence-corrected chi connectivity index (χ2v) is 3.90. The predicted molar refractivity (Wildman–Crippen MR) is 48.7 cm³/mol. The highest BCUT2D eigenvalue weighted by Gasteiger charge is 2.35. The summed E-state index contributed by atoms with van der Waals surface area (Å²) in [5.74, 6) is -0.838. The standard InChI is InChI=1S/C9H17NO3/c1-9(4-3-5-9)10-7(6-13-2)8(11)12/h7,10H,3-6H2,1-2H3,(H,11,12). The monoisotopic (exact) mass is 187 g/mol. The third-order valence-electron chi connectivity index (χ3n) is 2.61. The largest absolute Gasteiger partial charge is 0.480 e. The molecule has 76 valence electrons. The van der Waals surface area contributed by atoms with Crippen molar-refractivity contribution in [1.82, 2.24) is 5.32 Å². The molecule has 0 saturated heterocycles. The summed E-state index contributed by atoms with van der Waals surface area (Å²) < 4.78 is 4.84. The van der Waals surface area contributed by atoms with Gasteiger partial charge >= 0.3 is 5.97 Å². The lowest BCUT2D eigenvalue weighted by molar-refractivity contribution is -0.142. The molecule has 2 N–H and O–H groups in total. The second kappa shape index (κ2) is 4.07. The molecule has 0 spiro atoms. The number of rotatable bonds is 5. The molecule has 0 aromatic heterocycles. The highest BCUT2D eigenvalue weighted by atomic mass is 16.5. The first-order chi connectivity index (χ1) is 6.07. The van der Waals surface area contributed by atoms with Crippen molar-refractivity contribution in [3.63, 3.8) is 0 Å². The van der Waals surface area contributed by atoms with Crippen molar-refractivity contribution in [2.45, 2.75) is 37.8 Å². The molecule has 1 fully saturated rings. The fourth-order valence-electron chi connectivity index (χ4n) is 1.61. The van der Waals surface area contributed by atoms with Crippen molar-refractivity contribution in [3.05, 3.63) is 0 Å².